The van der Waals surface area contributed by atoms with Crippen LogP contribution in [0.1, 0.15) is 11.8 Å². The van der Waals surface area contributed by atoms with Gasteiger partial charge in [0.1, 0.15) is 18.0 Å². The molecule has 0 amide bonds. The largest absolute Gasteiger partial charge is 0.384 e. The van der Waals surface area contributed by atoms with E-state index in [-0.39, 0.29) is 17.3 Å². The lowest BCUT2D eigenvalue weighted by molar-refractivity contribution is -0.140. The maximum atomic E-state index is 14.1. The van der Waals surface area contributed by atoms with Crippen LogP contribution < -0.4 is 11.4 Å². The van der Waals surface area contributed by atoms with E-state index >= 15 is 0 Å². The third-order valence-corrected chi connectivity index (χ3v) is 3.70. The van der Waals surface area contributed by atoms with Crippen molar-refractivity contribution in [3.8, 4) is 0 Å². The number of nitrogens with two attached hydrogens (primary N) is 1. The summed E-state index contributed by atoms with van der Waals surface area (Å²) in [5.74, 6) is -4.09. The van der Waals surface area contributed by atoms with Crippen LogP contribution in [0.4, 0.5) is 14.6 Å². The monoisotopic (exact) mass is 433 g/mol. The first-order chi connectivity index (χ1) is 9.82. The summed E-state index contributed by atoms with van der Waals surface area (Å²) in [6, 6.07) is 0. The lowest BCUT2D eigenvalue weighted by Gasteiger charge is -2.21. The van der Waals surface area contributed by atoms with Crippen LogP contribution in [0.25, 0.3) is 6.08 Å². The lowest BCUT2D eigenvalue weighted by atomic mass is 10.1. The van der Waals surface area contributed by atoms with Crippen LogP contribution in [0.3, 0.4) is 0 Å². The normalized spacial score (nSPS) is 28.3. The molecule has 6 nitrogen and oxygen atoms in total. The zero-order chi connectivity index (χ0) is 15.8. The van der Waals surface area contributed by atoms with Crippen LogP contribution >= 0.6 is 34.2 Å². The summed E-state index contributed by atoms with van der Waals surface area (Å²) in [7, 11) is 0. The number of aliphatic hydroxyl groups is 1. The van der Waals surface area contributed by atoms with Crippen LogP contribution in [0.15, 0.2) is 15.1 Å². The average Bonchev–Trinajstić information content (AvgIpc) is 2.65. The third-order valence-electron chi connectivity index (χ3n) is 3.04. The molecule has 0 spiro atoms. The van der Waals surface area contributed by atoms with Gasteiger partial charge >= 0.3 is 11.6 Å². The highest BCUT2D eigenvalue weighted by Crippen LogP contribution is 2.42. The summed E-state index contributed by atoms with van der Waals surface area (Å²) in [5, 5.41) is 9.53. The molecule has 2 heterocycles. The fraction of sp³-hybridized carbons (Fsp3) is 0.455. The molecule has 0 unspecified atom stereocenters. The molecule has 2 rings (SSSR count). The fourth-order valence-corrected chi connectivity index (χ4v) is 2.59. The second kappa shape index (κ2) is 6.15. The Morgan fingerprint density at radius 3 is 2.86 bits per heavy atom. The van der Waals surface area contributed by atoms with Gasteiger partial charge in [0.2, 0.25) is 6.23 Å². The molecule has 0 aliphatic carbocycles. The molecule has 0 saturated carbocycles. The summed E-state index contributed by atoms with van der Waals surface area (Å²) >= 11 is 7.38. The van der Waals surface area contributed by atoms with Crippen molar-refractivity contribution >= 4 is 46.1 Å². The first-order valence-corrected chi connectivity index (χ1v) is 7.53. The molecule has 0 radical (unpaired) electrons. The molecule has 116 valence electrons. The molecule has 1 aliphatic heterocycles. The van der Waals surface area contributed by atoms with E-state index in [2.05, 4.69) is 4.98 Å². The predicted octanol–water partition coefficient (Wildman–Crippen LogP) is 1.36. The highest BCUT2D eigenvalue weighted by Gasteiger charge is 2.59. The number of halogens is 4. The molecular weight excluding hydrogens is 422 g/mol. The van der Waals surface area contributed by atoms with Crippen LogP contribution in [0.2, 0.25) is 0 Å². The van der Waals surface area contributed by atoms with Crippen molar-refractivity contribution in [3.63, 3.8) is 0 Å². The average molecular weight is 434 g/mol. The van der Waals surface area contributed by atoms with Crippen molar-refractivity contribution in [3.05, 3.63) is 26.3 Å². The molecule has 1 aliphatic rings. The van der Waals surface area contributed by atoms with Crippen LogP contribution in [-0.4, -0.2) is 38.7 Å². The van der Waals surface area contributed by atoms with Gasteiger partial charge in [0, 0.05) is 11.8 Å². The quantitative estimate of drug-likeness (QED) is 0.555. The molecular formula is C11H11ClF2IN3O3. The van der Waals surface area contributed by atoms with Crippen molar-refractivity contribution in [2.24, 2.45) is 0 Å². The molecule has 10 heteroatoms. The minimum atomic E-state index is -3.67. The highest BCUT2D eigenvalue weighted by atomic mass is 127. The van der Waals surface area contributed by atoms with Gasteiger partial charge in [-0.2, -0.15) is 13.8 Å². The van der Waals surface area contributed by atoms with Gasteiger partial charge in [-0.15, -0.1) is 11.6 Å². The maximum Gasteiger partial charge on any atom is 0.351 e. The van der Waals surface area contributed by atoms with Crippen molar-refractivity contribution in [2.75, 3.05) is 11.6 Å². The molecule has 0 aromatic carbocycles. The number of aliphatic hydroxyl groups excluding tert-OH is 1. The van der Waals surface area contributed by atoms with Crippen molar-refractivity contribution in [1.29, 1.82) is 0 Å². The van der Waals surface area contributed by atoms with Gasteiger partial charge in [0.25, 0.3) is 0 Å². The number of hydrogen-bond donors (Lipinski definition) is 2. The summed E-state index contributed by atoms with van der Waals surface area (Å²) in [4.78, 5) is 15.3. The Morgan fingerprint density at radius 1 is 1.67 bits per heavy atom. The van der Waals surface area contributed by atoms with Gasteiger partial charge in [-0.05, 0) is 10.2 Å². The SMILES string of the molecule is Nc1nc(=O)n([C@@H]2O[C@H](CCl)[C@@H](O)C2(F)F)cc1/C=C/I. The van der Waals surface area contributed by atoms with E-state index < -0.39 is 30.0 Å². The number of aromatic nitrogens is 2. The standard InChI is InChI=1S/C11H11ClF2IN3O3/c12-3-6-7(19)11(13,14)9(21-6)18-4-5(1-2-15)8(16)17-10(18)20/h1-2,4,6-7,9,19H,3H2,(H2,16,17,20)/b2-1+/t6-,7-,9-/m1/s1. The molecule has 1 aromatic heterocycles. The number of alkyl halides is 3. The molecule has 3 N–H and O–H groups in total. The van der Waals surface area contributed by atoms with Crippen LogP contribution in [0, 0.1) is 0 Å². The third kappa shape index (κ3) is 2.91. The van der Waals surface area contributed by atoms with Crippen LogP contribution in [0.5, 0.6) is 0 Å². The Kier molecular flexibility index (Phi) is 4.85. The second-order valence-electron chi connectivity index (χ2n) is 4.36. The minimum Gasteiger partial charge on any atom is -0.384 e. The maximum absolute atomic E-state index is 14.1. The summed E-state index contributed by atoms with van der Waals surface area (Å²) < 4.78 is 35.3. The van der Waals surface area contributed by atoms with Gasteiger partial charge in [0.15, 0.2) is 0 Å². The summed E-state index contributed by atoms with van der Waals surface area (Å²) in [5.41, 5.74) is 4.83. The molecule has 1 saturated heterocycles. The molecule has 3 atom stereocenters. The fourth-order valence-electron chi connectivity index (χ4n) is 1.96. The van der Waals surface area contributed by atoms with E-state index in [1.165, 1.54) is 6.08 Å². The van der Waals surface area contributed by atoms with Crippen molar-refractivity contribution in [1.82, 2.24) is 9.55 Å². The van der Waals surface area contributed by atoms with E-state index in [0.29, 0.717) is 4.57 Å². The van der Waals surface area contributed by atoms with Gasteiger partial charge in [-0.1, -0.05) is 22.6 Å². The Balaban J connectivity index is 2.51. The Morgan fingerprint density at radius 2 is 2.33 bits per heavy atom. The van der Waals surface area contributed by atoms with Crippen molar-refractivity contribution < 1.29 is 18.6 Å². The first kappa shape index (κ1) is 16.6. The summed E-state index contributed by atoms with van der Waals surface area (Å²) in [6.45, 7) is 0. The minimum absolute atomic E-state index is 0.0834. The Bertz CT molecular complexity index is 625. The number of nitrogen functional groups attached to an aromatic ring is 1. The molecule has 0 bridgehead atoms. The zero-order valence-corrected chi connectivity index (χ0v) is 13.3. The number of anilines is 1. The van der Waals surface area contributed by atoms with Gasteiger partial charge < -0.3 is 15.6 Å². The Labute approximate surface area is 136 Å². The molecule has 1 aromatic rings. The van der Waals surface area contributed by atoms with E-state index in [4.69, 9.17) is 22.1 Å². The van der Waals surface area contributed by atoms with E-state index in [0.717, 1.165) is 6.20 Å². The highest BCUT2D eigenvalue weighted by molar-refractivity contribution is 14.1. The topological polar surface area (TPSA) is 90.4 Å². The van der Waals surface area contributed by atoms with Gasteiger partial charge in [0.05, 0.1) is 5.88 Å². The van der Waals surface area contributed by atoms with Crippen LogP contribution in [-0.2, 0) is 4.74 Å². The number of nitrogens with zero attached hydrogens (tertiary/aromatic N) is 2. The number of hydrogen-bond acceptors (Lipinski definition) is 5. The summed E-state index contributed by atoms with van der Waals surface area (Å²) in [6.07, 6.45) is -2.76. The number of rotatable bonds is 3. The van der Waals surface area contributed by atoms with Crippen molar-refractivity contribution in [2.45, 2.75) is 24.4 Å². The van der Waals surface area contributed by atoms with Gasteiger partial charge in [-0.25, -0.2) is 4.79 Å². The predicted molar refractivity (Wildman–Crippen MR) is 81.5 cm³/mol. The molecule has 21 heavy (non-hydrogen) atoms. The second-order valence-corrected chi connectivity index (χ2v) is 5.39. The number of ether oxygens (including phenoxy) is 1. The van der Waals surface area contributed by atoms with E-state index in [1.54, 1.807) is 4.08 Å². The van der Waals surface area contributed by atoms with E-state index in [9.17, 15) is 18.7 Å². The smallest absolute Gasteiger partial charge is 0.351 e. The first-order valence-electron chi connectivity index (χ1n) is 5.75. The lowest BCUT2D eigenvalue weighted by Crippen LogP contribution is -2.41. The van der Waals surface area contributed by atoms with Gasteiger partial charge in [-0.3, -0.25) is 4.57 Å². The molecule has 1 fully saturated rings. The zero-order valence-electron chi connectivity index (χ0n) is 10.4. The Hall–Kier alpha value is -0.780. The van der Waals surface area contributed by atoms with E-state index in [1.807, 2.05) is 22.6 Å².